The van der Waals surface area contributed by atoms with Gasteiger partial charge in [0.2, 0.25) is 29.5 Å². The predicted octanol–water partition coefficient (Wildman–Crippen LogP) is 4.00. The number of anilines is 1. The molecule has 0 saturated carbocycles. The monoisotopic (exact) mass is 767 g/mol. The zero-order chi connectivity index (χ0) is 39.0. The number of rotatable bonds is 15. The van der Waals surface area contributed by atoms with Gasteiger partial charge in [-0.3, -0.25) is 24.0 Å². The van der Waals surface area contributed by atoms with E-state index < -0.39 is 47.4 Å². The minimum atomic E-state index is -0.961. The van der Waals surface area contributed by atoms with Crippen molar-refractivity contribution in [1.82, 2.24) is 20.5 Å². The quantitative estimate of drug-likeness (QED) is 0.133. The molecule has 3 aromatic rings. The van der Waals surface area contributed by atoms with Gasteiger partial charge < -0.3 is 37.4 Å². The minimum absolute atomic E-state index is 0.0217. The molecule has 5 amide bonds. The molecule has 0 spiro atoms. The molecule has 0 aliphatic carbocycles. The molecule has 8 N–H and O–H groups in total. The number of likely N-dealkylation sites (tertiary alicyclic amines) is 1. The van der Waals surface area contributed by atoms with E-state index in [0.717, 1.165) is 21.7 Å². The van der Waals surface area contributed by atoms with Gasteiger partial charge in [0.25, 0.3) is 0 Å². The van der Waals surface area contributed by atoms with Crippen molar-refractivity contribution >= 4 is 58.2 Å². The van der Waals surface area contributed by atoms with Crippen LogP contribution in [0.2, 0.25) is 5.02 Å². The molecule has 0 unspecified atom stereocenters. The number of thiazole rings is 1. The number of hydrogen-bond acceptors (Lipinski definition) is 9. The van der Waals surface area contributed by atoms with Gasteiger partial charge in [0.1, 0.15) is 12.1 Å². The number of aromatic nitrogens is 1. The lowest BCUT2D eigenvalue weighted by atomic mass is 9.85. The Morgan fingerprint density at radius 2 is 1.77 bits per heavy atom. The lowest BCUT2D eigenvalue weighted by Crippen LogP contribution is -2.57. The van der Waals surface area contributed by atoms with Gasteiger partial charge in [0.05, 0.1) is 45.0 Å². The summed E-state index contributed by atoms with van der Waals surface area (Å²) in [7, 11) is 0. The van der Waals surface area contributed by atoms with Crippen LogP contribution < -0.4 is 27.4 Å². The zero-order valence-corrected chi connectivity index (χ0v) is 32.4. The summed E-state index contributed by atoms with van der Waals surface area (Å²) >= 11 is 8.14. The fraction of sp³-hybridized carbons (Fsp3) is 0.474. The van der Waals surface area contributed by atoms with E-state index in [1.165, 1.54) is 4.90 Å². The van der Waals surface area contributed by atoms with Gasteiger partial charge >= 0.3 is 0 Å². The highest BCUT2D eigenvalue weighted by Gasteiger charge is 2.44. The zero-order valence-electron chi connectivity index (χ0n) is 30.8. The largest absolute Gasteiger partial charge is 0.391 e. The third-order valence-corrected chi connectivity index (χ3v) is 10.7. The average molecular weight is 768 g/mol. The van der Waals surface area contributed by atoms with E-state index in [-0.39, 0.29) is 50.1 Å². The molecular weight excluding hydrogens is 718 g/mol. The highest BCUT2D eigenvalue weighted by Crippen LogP contribution is 2.30. The fourth-order valence-electron chi connectivity index (χ4n) is 6.21. The first kappa shape index (κ1) is 41.4. The summed E-state index contributed by atoms with van der Waals surface area (Å²) in [5.74, 6) is -2.24. The molecule has 0 radical (unpaired) electrons. The Kier molecular flexibility index (Phi) is 14.1. The van der Waals surface area contributed by atoms with E-state index in [9.17, 15) is 29.1 Å². The number of aliphatic hydroxyl groups is 1. The van der Waals surface area contributed by atoms with Crippen LogP contribution in [0.5, 0.6) is 0 Å². The molecule has 15 heteroatoms. The standard InChI is InChI=1S/C38H50ClN7O6S/c1-21(23-12-14-25(15-13-23)33-22(2)42-20-53-33)43-36(51)29-18-26(47)19-46(29)37(52)34(38(3,4)5)45-31(49)11-7-9-24-8-6-10-28(32(24)39)44-35(50)27(40)16-17-30(41)48/h6,8,10,12-15,20-21,26-27,29,34,47H,7,9,11,16-19,40H2,1-5H3,(H2,41,48)(H,43,51)(H,44,50)(H,45,49)/t21-,26+,27-,29-,34+/m0/s1. The molecular formula is C38H50ClN7O6S. The first-order valence-electron chi connectivity index (χ1n) is 17.7. The van der Waals surface area contributed by atoms with Crippen molar-refractivity contribution < 1.29 is 29.1 Å². The van der Waals surface area contributed by atoms with Gasteiger partial charge in [-0.1, -0.05) is 68.8 Å². The van der Waals surface area contributed by atoms with Gasteiger partial charge in [0, 0.05) is 25.8 Å². The Bertz CT molecular complexity index is 1790. The Morgan fingerprint density at radius 1 is 1.08 bits per heavy atom. The molecule has 0 bridgehead atoms. The first-order valence-corrected chi connectivity index (χ1v) is 18.9. The number of hydrogen-bond donors (Lipinski definition) is 6. The highest BCUT2D eigenvalue weighted by atomic mass is 35.5. The van der Waals surface area contributed by atoms with Crippen LogP contribution in [-0.2, 0) is 30.4 Å². The third kappa shape index (κ3) is 11.1. The van der Waals surface area contributed by atoms with Crippen LogP contribution in [0.4, 0.5) is 5.69 Å². The van der Waals surface area contributed by atoms with Crippen molar-refractivity contribution in [3.05, 3.63) is 69.8 Å². The van der Waals surface area contributed by atoms with Crippen LogP contribution in [-0.4, -0.2) is 75.3 Å². The Balaban J connectivity index is 1.35. The molecule has 5 atom stereocenters. The molecule has 1 aliphatic rings. The van der Waals surface area contributed by atoms with E-state index in [2.05, 4.69) is 20.9 Å². The predicted molar refractivity (Wildman–Crippen MR) is 206 cm³/mol. The van der Waals surface area contributed by atoms with Gasteiger partial charge in [-0.25, -0.2) is 4.98 Å². The molecule has 13 nitrogen and oxygen atoms in total. The minimum Gasteiger partial charge on any atom is -0.391 e. The third-order valence-electron chi connectivity index (χ3n) is 9.29. The maximum absolute atomic E-state index is 14.0. The summed E-state index contributed by atoms with van der Waals surface area (Å²) in [4.78, 5) is 71.2. The number of nitrogens with two attached hydrogens (primary N) is 2. The molecule has 2 aromatic carbocycles. The van der Waals surface area contributed by atoms with Crippen molar-refractivity contribution in [2.45, 2.75) is 103 Å². The number of nitrogens with one attached hydrogen (secondary N) is 3. The SMILES string of the molecule is Cc1ncsc1-c1ccc([C@H](C)NC(=O)[C@@H]2C[C@@H](O)CN2C(=O)[C@@H](NC(=O)CCCc2cccc(NC(=O)[C@@H](N)CCC(N)=O)c2Cl)C(C)(C)C)cc1. The van der Waals surface area contributed by atoms with Crippen LogP contribution in [0.3, 0.4) is 0 Å². The number of carbonyl (C=O) groups excluding carboxylic acids is 5. The molecule has 4 rings (SSSR count). The number of carbonyl (C=O) groups is 5. The summed E-state index contributed by atoms with van der Waals surface area (Å²) in [5.41, 5.74) is 16.1. The number of nitrogens with zero attached hydrogens (tertiary/aromatic N) is 2. The smallest absolute Gasteiger partial charge is 0.246 e. The number of aryl methyl sites for hydroxylation is 2. The fourth-order valence-corrected chi connectivity index (χ4v) is 7.29. The van der Waals surface area contributed by atoms with E-state index in [1.807, 2.05) is 58.9 Å². The first-order chi connectivity index (χ1) is 25.0. The molecule has 286 valence electrons. The second-order valence-corrected chi connectivity index (χ2v) is 15.8. The van der Waals surface area contributed by atoms with Crippen molar-refractivity contribution in [3.8, 4) is 10.4 Å². The van der Waals surface area contributed by atoms with E-state index in [0.29, 0.717) is 29.1 Å². The van der Waals surface area contributed by atoms with Crippen LogP contribution in [0.15, 0.2) is 48.0 Å². The van der Waals surface area contributed by atoms with Crippen LogP contribution in [0, 0.1) is 12.3 Å². The number of halogens is 1. The summed E-state index contributed by atoms with van der Waals surface area (Å²) in [5, 5.41) is 19.5. The summed E-state index contributed by atoms with van der Waals surface area (Å²) in [6, 6.07) is 9.85. The highest BCUT2D eigenvalue weighted by molar-refractivity contribution is 7.13. The molecule has 1 saturated heterocycles. The molecule has 1 fully saturated rings. The number of benzene rings is 2. The maximum Gasteiger partial charge on any atom is 0.246 e. The second-order valence-electron chi connectivity index (χ2n) is 14.6. The average Bonchev–Trinajstić information content (AvgIpc) is 3.72. The van der Waals surface area contributed by atoms with Gasteiger partial charge in [-0.05, 0) is 61.3 Å². The second kappa shape index (κ2) is 18.1. The van der Waals surface area contributed by atoms with Crippen molar-refractivity contribution in [3.63, 3.8) is 0 Å². The van der Waals surface area contributed by atoms with Gasteiger partial charge in [-0.2, -0.15) is 0 Å². The topological polar surface area (TPSA) is 210 Å². The molecule has 1 aromatic heterocycles. The summed E-state index contributed by atoms with van der Waals surface area (Å²) in [6.45, 7) is 9.28. The number of β-amino-alcohol motifs (C(OH)–C–C–N with tert-alkyl or cyclic N) is 1. The summed E-state index contributed by atoms with van der Waals surface area (Å²) in [6.07, 6.45) is 0.146. The van der Waals surface area contributed by atoms with Gasteiger partial charge in [0.15, 0.2) is 0 Å². The normalized spacial score (nSPS) is 17.5. The molecule has 53 heavy (non-hydrogen) atoms. The van der Waals surface area contributed by atoms with E-state index >= 15 is 0 Å². The van der Waals surface area contributed by atoms with E-state index in [4.69, 9.17) is 23.1 Å². The number of aliphatic hydroxyl groups excluding tert-OH is 1. The van der Waals surface area contributed by atoms with Crippen molar-refractivity contribution in [2.75, 3.05) is 11.9 Å². The Labute approximate surface area is 319 Å². The number of primary amides is 1. The van der Waals surface area contributed by atoms with Crippen LogP contribution in [0.1, 0.15) is 82.7 Å². The summed E-state index contributed by atoms with van der Waals surface area (Å²) < 4.78 is 0. The lowest BCUT2D eigenvalue weighted by molar-refractivity contribution is -0.144. The molecule has 2 heterocycles. The number of amides is 5. The van der Waals surface area contributed by atoms with Crippen molar-refractivity contribution in [2.24, 2.45) is 16.9 Å². The Morgan fingerprint density at radius 3 is 2.40 bits per heavy atom. The lowest BCUT2D eigenvalue weighted by Gasteiger charge is -2.35. The van der Waals surface area contributed by atoms with Crippen LogP contribution >= 0.6 is 22.9 Å². The van der Waals surface area contributed by atoms with Crippen molar-refractivity contribution in [1.29, 1.82) is 0 Å². The maximum atomic E-state index is 14.0. The van der Waals surface area contributed by atoms with Gasteiger partial charge in [-0.15, -0.1) is 11.3 Å². The van der Waals surface area contributed by atoms with E-state index in [1.54, 1.807) is 35.0 Å². The van der Waals surface area contributed by atoms with Crippen LogP contribution in [0.25, 0.3) is 10.4 Å². The molecule has 1 aliphatic heterocycles. The Hall–Kier alpha value is -4.37.